The molecule has 0 heterocycles. The van der Waals surface area contributed by atoms with Gasteiger partial charge in [0.1, 0.15) is 0 Å². The molecule has 4 nitrogen and oxygen atoms in total. The van der Waals surface area contributed by atoms with Crippen molar-refractivity contribution in [2.24, 2.45) is 0 Å². The zero-order valence-corrected chi connectivity index (χ0v) is 11.2. The third kappa shape index (κ3) is 4.66. The maximum Gasteiger partial charge on any atom is 0.284 e. The molecule has 0 bridgehead atoms. The first kappa shape index (κ1) is 13.9. The van der Waals surface area contributed by atoms with Gasteiger partial charge in [0.05, 0.1) is 9.40 Å². The highest BCUT2D eigenvalue weighted by Crippen LogP contribution is 2.25. The van der Waals surface area contributed by atoms with Crippen molar-refractivity contribution in [3.05, 3.63) is 44.4 Å². The standard InChI is InChI=1S/C12H15BrN2O2/c1-2-7-14-8-3-4-10-5-6-11(13)12(9-10)15(16)17/h3-6,9,14H,2,7-8H2,1H3. The largest absolute Gasteiger partial charge is 0.313 e. The maximum absolute atomic E-state index is 10.7. The first-order valence-corrected chi connectivity index (χ1v) is 6.25. The van der Waals surface area contributed by atoms with Crippen molar-refractivity contribution in [1.29, 1.82) is 0 Å². The van der Waals surface area contributed by atoms with Crippen molar-refractivity contribution in [2.45, 2.75) is 13.3 Å². The van der Waals surface area contributed by atoms with E-state index in [1.807, 2.05) is 18.2 Å². The molecular weight excluding hydrogens is 284 g/mol. The number of nitrogens with one attached hydrogen (secondary N) is 1. The Morgan fingerprint density at radius 1 is 1.53 bits per heavy atom. The van der Waals surface area contributed by atoms with Gasteiger partial charge in [0.2, 0.25) is 0 Å². The van der Waals surface area contributed by atoms with E-state index >= 15 is 0 Å². The molecule has 1 N–H and O–H groups in total. The quantitative estimate of drug-likeness (QED) is 0.498. The van der Waals surface area contributed by atoms with Gasteiger partial charge in [-0.15, -0.1) is 0 Å². The zero-order valence-electron chi connectivity index (χ0n) is 9.65. The van der Waals surface area contributed by atoms with Crippen LogP contribution in [-0.2, 0) is 0 Å². The highest BCUT2D eigenvalue weighted by Gasteiger charge is 2.10. The molecule has 0 unspecified atom stereocenters. The van der Waals surface area contributed by atoms with E-state index in [1.54, 1.807) is 12.1 Å². The summed E-state index contributed by atoms with van der Waals surface area (Å²) in [5.74, 6) is 0. The van der Waals surface area contributed by atoms with Crippen LogP contribution in [0.4, 0.5) is 5.69 Å². The van der Waals surface area contributed by atoms with Crippen LogP contribution >= 0.6 is 15.9 Å². The first-order chi connectivity index (χ1) is 8.15. The van der Waals surface area contributed by atoms with Gasteiger partial charge in [0.15, 0.2) is 0 Å². The highest BCUT2D eigenvalue weighted by molar-refractivity contribution is 9.10. The molecule has 0 saturated heterocycles. The zero-order chi connectivity index (χ0) is 12.7. The molecule has 0 aromatic heterocycles. The van der Waals surface area contributed by atoms with E-state index in [1.165, 1.54) is 0 Å². The van der Waals surface area contributed by atoms with Crippen LogP contribution in [0.3, 0.4) is 0 Å². The lowest BCUT2D eigenvalue weighted by atomic mass is 10.2. The molecule has 0 radical (unpaired) electrons. The fourth-order valence-corrected chi connectivity index (χ4v) is 1.72. The molecular formula is C12H15BrN2O2. The molecule has 1 rings (SSSR count). The molecule has 0 fully saturated rings. The van der Waals surface area contributed by atoms with Crippen LogP contribution in [0, 0.1) is 10.1 Å². The minimum absolute atomic E-state index is 0.0914. The predicted octanol–water partition coefficient (Wildman–Crippen LogP) is 3.37. The molecule has 17 heavy (non-hydrogen) atoms. The molecule has 0 atom stereocenters. The van der Waals surface area contributed by atoms with Gasteiger partial charge in [-0.3, -0.25) is 10.1 Å². The lowest BCUT2D eigenvalue weighted by Gasteiger charge is -1.98. The molecule has 5 heteroatoms. The highest BCUT2D eigenvalue weighted by atomic mass is 79.9. The summed E-state index contributed by atoms with van der Waals surface area (Å²) in [6, 6.07) is 5.09. The van der Waals surface area contributed by atoms with Crippen LogP contribution in [0.25, 0.3) is 6.08 Å². The van der Waals surface area contributed by atoms with Crippen LogP contribution in [0.1, 0.15) is 18.9 Å². The van der Waals surface area contributed by atoms with Crippen molar-refractivity contribution >= 4 is 27.7 Å². The SMILES string of the molecule is CCCNCC=Cc1ccc(Br)c([N+](=O)[O-])c1. The summed E-state index contributed by atoms with van der Waals surface area (Å²) in [5.41, 5.74) is 0.923. The number of rotatable bonds is 6. The van der Waals surface area contributed by atoms with E-state index in [-0.39, 0.29) is 5.69 Å². The Morgan fingerprint density at radius 2 is 2.29 bits per heavy atom. The average Bonchev–Trinajstić information content (AvgIpc) is 2.30. The average molecular weight is 299 g/mol. The second kappa shape index (κ2) is 7.19. The molecule has 0 spiro atoms. The lowest BCUT2D eigenvalue weighted by Crippen LogP contribution is -2.13. The Kier molecular flexibility index (Phi) is 5.86. The number of nitrogens with zero attached hydrogens (tertiary/aromatic N) is 1. The minimum Gasteiger partial charge on any atom is -0.313 e. The summed E-state index contributed by atoms with van der Waals surface area (Å²) in [7, 11) is 0. The predicted molar refractivity (Wildman–Crippen MR) is 73.0 cm³/mol. The van der Waals surface area contributed by atoms with Gasteiger partial charge in [0, 0.05) is 12.6 Å². The fourth-order valence-electron chi connectivity index (χ4n) is 1.33. The van der Waals surface area contributed by atoms with E-state index in [4.69, 9.17) is 0 Å². The Labute approximate surface area is 109 Å². The van der Waals surface area contributed by atoms with Gasteiger partial charge in [-0.25, -0.2) is 0 Å². The van der Waals surface area contributed by atoms with Crippen molar-refractivity contribution < 1.29 is 4.92 Å². The second-order valence-corrected chi connectivity index (χ2v) is 4.43. The Morgan fingerprint density at radius 3 is 2.94 bits per heavy atom. The van der Waals surface area contributed by atoms with Crippen LogP contribution in [0.5, 0.6) is 0 Å². The Bertz CT molecular complexity index is 419. The summed E-state index contributed by atoms with van der Waals surface area (Å²) in [4.78, 5) is 10.3. The third-order valence-corrected chi connectivity index (χ3v) is 2.84. The van der Waals surface area contributed by atoms with E-state index in [9.17, 15) is 10.1 Å². The van der Waals surface area contributed by atoms with Gasteiger partial charge in [-0.1, -0.05) is 25.1 Å². The monoisotopic (exact) mass is 298 g/mol. The van der Waals surface area contributed by atoms with Crippen molar-refractivity contribution in [2.75, 3.05) is 13.1 Å². The smallest absolute Gasteiger partial charge is 0.284 e. The molecule has 0 aliphatic carbocycles. The number of nitro groups is 1. The van der Waals surface area contributed by atoms with Gasteiger partial charge >= 0.3 is 0 Å². The summed E-state index contributed by atoms with van der Waals surface area (Å²) in [6.45, 7) is 3.86. The molecule has 0 amide bonds. The number of halogens is 1. The van der Waals surface area contributed by atoms with Crippen LogP contribution in [0.2, 0.25) is 0 Å². The van der Waals surface area contributed by atoms with Crippen molar-refractivity contribution in [1.82, 2.24) is 5.32 Å². The molecule has 0 saturated carbocycles. The maximum atomic E-state index is 10.7. The lowest BCUT2D eigenvalue weighted by molar-refractivity contribution is -0.385. The van der Waals surface area contributed by atoms with Gasteiger partial charge < -0.3 is 5.32 Å². The fraction of sp³-hybridized carbons (Fsp3) is 0.333. The normalized spacial score (nSPS) is 10.9. The van der Waals surface area contributed by atoms with Crippen molar-refractivity contribution in [3.63, 3.8) is 0 Å². The second-order valence-electron chi connectivity index (χ2n) is 3.57. The molecule has 92 valence electrons. The molecule has 0 aliphatic rings. The number of hydrogen-bond donors (Lipinski definition) is 1. The first-order valence-electron chi connectivity index (χ1n) is 5.46. The van der Waals surface area contributed by atoms with Gasteiger partial charge in [0.25, 0.3) is 5.69 Å². The van der Waals surface area contributed by atoms with E-state index in [0.29, 0.717) is 4.47 Å². The van der Waals surface area contributed by atoms with Crippen LogP contribution < -0.4 is 5.32 Å². The topological polar surface area (TPSA) is 55.2 Å². The summed E-state index contributed by atoms with van der Waals surface area (Å²) >= 11 is 3.16. The number of nitro benzene ring substituents is 1. The van der Waals surface area contributed by atoms with E-state index < -0.39 is 4.92 Å². The third-order valence-electron chi connectivity index (χ3n) is 2.17. The minimum atomic E-state index is -0.392. The molecule has 1 aromatic carbocycles. The van der Waals surface area contributed by atoms with E-state index in [2.05, 4.69) is 28.2 Å². The number of benzene rings is 1. The van der Waals surface area contributed by atoms with E-state index in [0.717, 1.165) is 25.1 Å². The van der Waals surface area contributed by atoms with Crippen LogP contribution in [0.15, 0.2) is 28.7 Å². The van der Waals surface area contributed by atoms with Gasteiger partial charge in [-0.2, -0.15) is 0 Å². The summed E-state index contributed by atoms with van der Waals surface area (Å²) < 4.78 is 0.503. The van der Waals surface area contributed by atoms with Crippen LogP contribution in [-0.4, -0.2) is 18.0 Å². The summed E-state index contributed by atoms with van der Waals surface area (Å²) in [6.07, 6.45) is 4.93. The molecule has 0 aliphatic heterocycles. The Hall–Kier alpha value is -1.20. The number of hydrogen-bond acceptors (Lipinski definition) is 3. The summed E-state index contributed by atoms with van der Waals surface area (Å²) in [5, 5.41) is 14.0. The van der Waals surface area contributed by atoms with Crippen molar-refractivity contribution in [3.8, 4) is 0 Å². The van der Waals surface area contributed by atoms with Gasteiger partial charge in [-0.05, 0) is 40.5 Å². The molecule has 1 aromatic rings. The Balaban J connectivity index is 2.66.